The number of piperidine rings is 2. The summed E-state index contributed by atoms with van der Waals surface area (Å²) in [6.45, 7) is 6.28. The van der Waals surface area contributed by atoms with Gasteiger partial charge in [-0.05, 0) is 51.9 Å². The molecule has 33 heavy (non-hydrogen) atoms. The van der Waals surface area contributed by atoms with Crippen molar-refractivity contribution in [1.82, 2.24) is 24.2 Å². The number of hydrogen-bond acceptors (Lipinski definition) is 8. The number of nitrogens with one attached hydrogen (secondary N) is 1. The van der Waals surface area contributed by atoms with Gasteiger partial charge in [-0.15, -0.1) is 11.3 Å². The largest absolute Gasteiger partial charge is 0.342 e. The molecule has 0 radical (unpaired) electrons. The molecule has 180 valence electrons. The SMILES string of the molecule is Cc1nc(CC2CCCN(C(=O)C3CCN(S(C)(=O)=O)CC3)C2)cc(Nc2ncc(C)s2)n1. The predicted molar refractivity (Wildman–Crippen MR) is 129 cm³/mol. The minimum atomic E-state index is -3.18. The maximum Gasteiger partial charge on any atom is 0.225 e. The highest BCUT2D eigenvalue weighted by Crippen LogP contribution is 2.27. The van der Waals surface area contributed by atoms with Gasteiger partial charge in [-0.1, -0.05) is 0 Å². The number of nitrogens with zero attached hydrogens (tertiary/aromatic N) is 5. The Balaban J connectivity index is 1.35. The number of likely N-dealkylation sites (tertiary alicyclic amines) is 1. The molecule has 2 aromatic rings. The van der Waals surface area contributed by atoms with Crippen LogP contribution in [0.2, 0.25) is 0 Å². The van der Waals surface area contributed by atoms with Crippen LogP contribution in [-0.4, -0.2) is 70.9 Å². The lowest BCUT2D eigenvalue weighted by atomic mass is 9.90. The van der Waals surface area contributed by atoms with E-state index in [1.54, 1.807) is 11.3 Å². The van der Waals surface area contributed by atoms with Gasteiger partial charge in [0.05, 0.1) is 6.26 Å². The van der Waals surface area contributed by atoms with Crippen LogP contribution in [-0.2, 0) is 21.2 Å². The highest BCUT2D eigenvalue weighted by atomic mass is 32.2. The third kappa shape index (κ3) is 6.27. The summed E-state index contributed by atoms with van der Waals surface area (Å²) < 4.78 is 25.0. The van der Waals surface area contributed by atoms with Crippen LogP contribution in [0.25, 0.3) is 0 Å². The summed E-state index contributed by atoms with van der Waals surface area (Å²) in [6, 6.07) is 1.98. The Bertz CT molecular complexity index is 1100. The molecular weight excluding hydrogens is 460 g/mol. The van der Waals surface area contributed by atoms with E-state index in [1.807, 2.05) is 31.0 Å². The van der Waals surface area contributed by atoms with Crippen LogP contribution in [0.4, 0.5) is 10.9 Å². The fraction of sp³-hybridized carbons (Fsp3) is 0.636. The van der Waals surface area contributed by atoms with Gasteiger partial charge in [0.2, 0.25) is 15.9 Å². The van der Waals surface area contributed by atoms with Gasteiger partial charge in [-0.25, -0.2) is 27.7 Å². The van der Waals surface area contributed by atoms with Crippen LogP contribution in [0, 0.1) is 25.7 Å². The normalized spacial score (nSPS) is 20.7. The van der Waals surface area contributed by atoms with Crippen molar-refractivity contribution < 1.29 is 13.2 Å². The molecule has 4 rings (SSSR count). The van der Waals surface area contributed by atoms with Gasteiger partial charge in [-0.3, -0.25) is 4.79 Å². The lowest BCUT2D eigenvalue weighted by Gasteiger charge is -2.37. The number of aryl methyl sites for hydroxylation is 2. The van der Waals surface area contributed by atoms with E-state index < -0.39 is 10.0 Å². The molecule has 0 bridgehead atoms. The number of sulfonamides is 1. The molecule has 2 saturated heterocycles. The Morgan fingerprint density at radius 2 is 1.94 bits per heavy atom. The molecule has 4 heterocycles. The van der Waals surface area contributed by atoms with Crippen molar-refractivity contribution in [1.29, 1.82) is 0 Å². The van der Waals surface area contributed by atoms with Crippen molar-refractivity contribution in [3.05, 3.63) is 28.7 Å². The summed E-state index contributed by atoms with van der Waals surface area (Å²) in [5, 5.41) is 4.09. The molecule has 9 nitrogen and oxygen atoms in total. The molecule has 0 aliphatic carbocycles. The van der Waals surface area contributed by atoms with Crippen molar-refractivity contribution >= 4 is 38.2 Å². The molecule has 2 aliphatic rings. The molecule has 0 spiro atoms. The highest BCUT2D eigenvalue weighted by molar-refractivity contribution is 7.88. The third-order valence-corrected chi connectivity index (χ3v) is 8.48. The number of thiazole rings is 1. The van der Waals surface area contributed by atoms with E-state index in [-0.39, 0.29) is 11.8 Å². The first-order valence-electron chi connectivity index (χ1n) is 11.5. The molecule has 2 fully saturated rings. The molecule has 1 unspecified atom stereocenters. The Hall–Kier alpha value is -2.11. The van der Waals surface area contributed by atoms with E-state index in [2.05, 4.69) is 20.3 Å². The van der Waals surface area contributed by atoms with E-state index in [1.165, 1.54) is 10.6 Å². The molecule has 11 heteroatoms. The first-order valence-corrected chi connectivity index (χ1v) is 14.1. The van der Waals surface area contributed by atoms with E-state index in [0.29, 0.717) is 37.7 Å². The quantitative estimate of drug-likeness (QED) is 0.660. The maximum absolute atomic E-state index is 13.1. The van der Waals surface area contributed by atoms with Gasteiger partial charge in [0.25, 0.3) is 0 Å². The number of hydrogen-bond donors (Lipinski definition) is 1. The Morgan fingerprint density at radius 3 is 2.61 bits per heavy atom. The van der Waals surface area contributed by atoms with Gasteiger partial charge in [0.1, 0.15) is 11.6 Å². The molecule has 1 atom stereocenters. The topological polar surface area (TPSA) is 108 Å². The zero-order chi connectivity index (χ0) is 23.6. The predicted octanol–water partition coefficient (Wildman–Crippen LogP) is 2.75. The molecule has 2 aromatic heterocycles. The smallest absolute Gasteiger partial charge is 0.225 e. The van der Waals surface area contributed by atoms with E-state index in [4.69, 9.17) is 0 Å². The summed E-state index contributed by atoms with van der Waals surface area (Å²) in [5.41, 5.74) is 0.971. The third-order valence-electron chi connectivity index (χ3n) is 6.35. The Kier molecular flexibility index (Phi) is 7.30. The zero-order valence-electron chi connectivity index (χ0n) is 19.5. The lowest BCUT2D eigenvalue weighted by Crippen LogP contribution is -2.47. The van der Waals surface area contributed by atoms with Crippen molar-refractivity contribution in [2.24, 2.45) is 11.8 Å². The molecular formula is C22H32N6O3S2. The van der Waals surface area contributed by atoms with Crippen LogP contribution in [0.5, 0.6) is 0 Å². The summed E-state index contributed by atoms with van der Waals surface area (Å²) >= 11 is 1.59. The monoisotopic (exact) mass is 492 g/mol. The summed E-state index contributed by atoms with van der Waals surface area (Å²) in [4.78, 5) is 29.7. The van der Waals surface area contributed by atoms with Crippen molar-refractivity contribution in [2.45, 2.75) is 46.0 Å². The average molecular weight is 493 g/mol. The van der Waals surface area contributed by atoms with Crippen molar-refractivity contribution in [3.8, 4) is 0 Å². The van der Waals surface area contributed by atoms with E-state index in [0.717, 1.165) is 53.9 Å². The van der Waals surface area contributed by atoms with Gasteiger partial charge in [0, 0.05) is 54.9 Å². The summed E-state index contributed by atoms with van der Waals surface area (Å²) in [6.07, 6.45) is 7.11. The van der Waals surface area contributed by atoms with Crippen molar-refractivity contribution in [3.63, 3.8) is 0 Å². The van der Waals surface area contributed by atoms with Crippen LogP contribution in [0.3, 0.4) is 0 Å². The number of rotatable bonds is 6. The van der Waals surface area contributed by atoms with Crippen LogP contribution >= 0.6 is 11.3 Å². The minimum Gasteiger partial charge on any atom is -0.342 e. The summed E-state index contributed by atoms with van der Waals surface area (Å²) in [7, 11) is -3.18. The molecule has 1 N–H and O–H groups in total. The average Bonchev–Trinajstić information content (AvgIpc) is 3.17. The first kappa shape index (κ1) is 24.0. The van der Waals surface area contributed by atoms with Crippen LogP contribution < -0.4 is 5.32 Å². The minimum absolute atomic E-state index is 0.0828. The van der Waals surface area contributed by atoms with Crippen LogP contribution in [0.15, 0.2) is 12.3 Å². The van der Waals surface area contributed by atoms with Crippen molar-refractivity contribution in [2.75, 3.05) is 37.8 Å². The fourth-order valence-electron chi connectivity index (χ4n) is 4.74. The number of anilines is 2. The van der Waals surface area contributed by atoms with E-state index >= 15 is 0 Å². The van der Waals surface area contributed by atoms with Gasteiger partial charge in [-0.2, -0.15) is 0 Å². The second-order valence-corrected chi connectivity index (χ2v) is 12.3. The fourth-order valence-corrected chi connectivity index (χ4v) is 6.29. The van der Waals surface area contributed by atoms with Gasteiger partial charge < -0.3 is 10.2 Å². The van der Waals surface area contributed by atoms with E-state index in [9.17, 15) is 13.2 Å². The summed E-state index contributed by atoms with van der Waals surface area (Å²) in [5.74, 6) is 1.90. The number of aromatic nitrogens is 3. The second kappa shape index (κ2) is 10.0. The lowest BCUT2D eigenvalue weighted by molar-refractivity contribution is -0.138. The highest BCUT2D eigenvalue weighted by Gasteiger charge is 2.33. The number of amides is 1. The maximum atomic E-state index is 13.1. The number of carbonyl (C=O) groups excluding carboxylic acids is 1. The zero-order valence-corrected chi connectivity index (χ0v) is 21.1. The Labute approximate surface area is 199 Å². The van der Waals surface area contributed by atoms with Gasteiger partial charge >= 0.3 is 0 Å². The molecule has 2 aliphatic heterocycles. The standard InChI is InChI=1S/C22H32N6O3S2/c1-15-13-23-22(32-15)26-20-12-19(24-16(2)25-20)11-17-5-4-8-27(14-17)21(29)18-6-9-28(10-7-18)33(3,30)31/h12-13,17-18H,4-11,14H2,1-3H3,(H,23,24,25,26). The number of carbonyl (C=O) groups is 1. The van der Waals surface area contributed by atoms with Crippen LogP contribution in [0.1, 0.15) is 42.1 Å². The Morgan fingerprint density at radius 1 is 1.18 bits per heavy atom. The molecule has 0 saturated carbocycles. The first-order chi connectivity index (χ1) is 15.7. The second-order valence-electron chi connectivity index (χ2n) is 9.13. The molecule has 0 aromatic carbocycles. The van der Waals surface area contributed by atoms with Gasteiger partial charge in [0.15, 0.2) is 5.13 Å². The molecule has 1 amide bonds.